The summed E-state index contributed by atoms with van der Waals surface area (Å²) >= 11 is 0. The van der Waals surface area contributed by atoms with E-state index in [0.717, 1.165) is 25.4 Å². The molecular formula is C18H25N3. The van der Waals surface area contributed by atoms with Crippen molar-refractivity contribution in [2.75, 3.05) is 6.54 Å². The van der Waals surface area contributed by atoms with Crippen LogP contribution in [0.5, 0.6) is 0 Å². The smallest absolute Gasteiger partial charge is 0.0521 e. The fraction of sp³-hybridized carbons (Fsp3) is 0.500. The maximum absolute atomic E-state index is 4.30. The lowest BCUT2D eigenvalue weighted by Gasteiger charge is -2.18. The summed E-state index contributed by atoms with van der Waals surface area (Å²) in [4.78, 5) is 0. The highest BCUT2D eigenvalue weighted by Crippen LogP contribution is 2.21. The predicted molar refractivity (Wildman–Crippen MR) is 86.3 cm³/mol. The summed E-state index contributed by atoms with van der Waals surface area (Å²) in [6.07, 6.45) is 9.08. The average Bonchev–Trinajstić information content (AvgIpc) is 3.21. The third kappa shape index (κ3) is 4.18. The van der Waals surface area contributed by atoms with E-state index >= 15 is 0 Å². The van der Waals surface area contributed by atoms with Gasteiger partial charge in [-0.05, 0) is 61.8 Å². The van der Waals surface area contributed by atoms with Crippen LogP contribution in [0.15, 0.2) is 36.7 Å². The van der Waals surface area contributed by atoms with E-state index in [2.05, 4.69) is 47.8 Å². The molecule has 1 aromatic heterocycles. The minimum Gasteiger partial charge on any atom is -0.314 e. The Morgan fingerprint density at radius 2 is 2.10 bits per heavy atom. The number of benzene rings is 1. The van der Waals surface area contributed by atoms with Crippen molar-refractivity contribution < 1.29 is 0 Å². The molecule has 1 aromatic carbocycles. The highest BCUT2D eigenvalue weighted by Gasteiger charge is 2.22. The summed E-state index contributed by atoms with van der Waals surface area (Å²) in [5.74, 6) is 0.635. The van der Waals surface area contributed by atoms with E-state index in [0.29, 0.717) is 5.92 Å². The molecule has 1 unspecified atom stereocenters. The molecule has 3 nitrogen and oxygen atoms in total. The van der Waals surface area contributed by atoms with E-state index in [-0.39, 0.29) is 0 Å². The molecule has 112 valence electrons. The quantitative estimate of drug-likeness (QED) is 0.847. The van der Waals surface area contributed by atoms with Crippen molar-refractivity contribution in [3.63, 3.8) is 0 Å². The van der Waals surface area contributed by atoms with Gasteiger partial charge in [-0.3, -0.25) is 4.68 Å². The van der Waals surface area contributed by atoms with Crippen LogP contribution in [0.1, 0.15) is 29.5 Å². The molecule has 1 heterocycles. The van der Waals surface area contributed by atoms with Crippen molar-refractivity contribution in [2.45, 2.75) is 38.6 Å². The van der Waals surface area contributed by atoms with E-state index in [1.54, 1.807) is 0 Å². The summed E-state index contributed by atoms with van der Waals surface area (Å²) < 4.78 is 1.90. The molecule has 0 spiro atoms. The molecule has 3 rings (SSSR count). The molecule has 0 amide bonds. The molecular weight excluding hydrogens is 258 g/mol. The van der Waals surface area contributed by atoms with E-state index in [1.807, 2.05) is 17.9 Å². The first-order chi connectivity index (χ1) is 10.2. The Bertz CT molecular complexity index is 584. The standard InChI is InChI=1S/C18H25N3/c1-14-5-3-4-6-17(14)10-15(11-19-18-7-8-18)9-16-12-20-21(2)13-16/h3-6,12-13,15,18-19H,7-11H2,1-2H3. The number of aryl methyl sites for hydroxylation is 2. The third-order valence-electron chi connectivity index (χ3n) is 4.33. The molecule has 3 heteroatoms. The second kappa shape index (κ2) is 6.44. The van der Waals surface area contributed by atoms with Gasteiger partial charge in [0.15, 0.2) is 0 Å². The summed E-state index contributed by atoms with van der Waals surface area (Å²) in [7, 11) is 1.99. The number of hydrogen-bond acceptors (Lipinski definition) is 2. The van der Waals surface area contributed by atoms with Gasteiger partial charge in [-0.1, -0.05) is 24.3 Å². The molecule has 2 aromatic rings. The zero-order valence-corrected chi connectivity index (χ0v) is 13.0. The van der Waals surface area contributed by atoms with Gasteiger partial charge in [0, 0.05) is 19.3 Å². The SMILES string of the molecule is Cc1ccccc1CC(CNC1CC1)Cc1cnn(C)c1. The van der Waals surface area contributed by atoms with Crippen molar-refractivity contribution in [3.05, 3.63) is 53.3 Å². The second-order valence-corrected chi connectivity index (χ2v) is 6.41. The minimum atomic E-state index is 0.635. The van der Waals surface area contributed by atoms with Crippen LogP contribution >= 0.6 is 0 Å². The molecule has 0 aliphatic heterocycles. The molecule has 1 fully saturated rings. The fourth-order valence-corrected chi connectivity index (χ4v) is 2.90. The van der Waals surface area contributed by atoms with Gasteiger partial charge in [-0.2, -0.15) is 5.10 Å². The molecule has 21 heavy (non-hydrogen) atoms. The Hall–Kier alpha value is -1.61. The largest absolute Gasteiger partial charge is 0.314 e. The van der Waals surface area contributed by atoms with Gasteiger partial charge >= 0.3 is 0 Å². The zero-order valence-electron chi connectivity index (χ0n) is 13.0. The Balaban J connectivity index is 1.67. The van der Waals surface area contributed by atoms with Crippen molar-refractivity contribution in [3.8, 4) is 0 Å². The lowest BCUT2D eigenvalue weighted by atomic mass is 9.91. The average molecular weight is 283 g/mol. The number of rotatable bonds is 7. The van der Waals surface area contributed by atoms with Gasteiger partial charge in [0.2, 0.25) is 0 Å². The number of nitrogens with one attached hydrogen (secondary N) is 1. The Morgan fingerprint density at radius 3 is 2.76 bits per heavy atom. The Labute approximate surface area is 127 Å². The van der Waals surface area contributed by atoms with Crippen LogP contribution in [0.2, 0.25) is 0 Å². The van der Waals surface area contributed by atoms with Gasteiger partial charge in [0.1, 0.15) is 0 Å². The highest BCUT2D eigenvalue weighted by molar-refractivity contribution is 5.26. The van der Waals surface area contributed by atoms with Gasteiger partial charge in [0.05, 0.1) is 6.20 Å². The molecule has 0 bridgehead atoms. The maximum atomic E-state index is 4.30. The van der Waals surface area contributed by atoms with Gasteiger partial charge < -0.3 is 5.32 Å². The number of nitrogens with zero attached hydrogens (tertiary/aromatic N) is 2. The molecule has 1 N–H and O–H groups in total. The van der Waals surface area contributed by atoms with Gasteiger partial charge in [-0.25, -0.2) is 0 Å². The van der Waals surface area contributed by atoms with E-state index in [9.17, 15) is 0 Å². The number of hydrogen-bond donors (Lipinski definition) is 1. The zero-order chi connectivity index (χ0) is 14.7. The fourth-order valence-electron chi connectivity index (χ4n) is 2.90. The monoisotopic (exact) mass is 283 g/mol. The van der Waals surface area contributed by atoms with Crippen LogP contribution in [0.3, 0.4) is 0 Å². The van der Waals surface area contributed by atoms with Crippen LogP contribution in [0, 0.1) is 12.8 Å². The second-order valence-electron chi connectivity index (χ2n) is 6.41. The molecule has 1 aliphatic rings. The first-order valence-electron chi connectivity index (χ1n) is 7.96. The van der Waals surface area contributed by atoms with Crippen molar-refractivity contribution in [1.29, 1.82) is 0 Å². The van der Waals surface area contributed by atoms with E-state index in [1.165, 1.54) is 29.5 Å². The number of aromatic nitrogens is 2. The van der Waals surface area contributed by atoms with Crippen molar-refractivity contribution >= 4 is 0 Å². The topological polar surface area (TPSA) is 29.9 Å². The lowest BCUT2D eigenvalue weighted by Crippen LogP contribution is -2.27. The molecule has 0 radical (unpaired) electrons. The molecule has 0 saturated heterocycles. The Kier molecular flexibility index (Phi) is 4.39. The van der Waals surface area contributed by atoms with Crippen LogP contribution < -0.4 is 5.32 Å². The summed E-state index contributed by atoms with van der Waals surface area (Å²) in [5.41, 5.74) is 4.22. The first kappa shape index (κ1) is 14.3. The summed E-state index contributed by atoms with van der Waals surface area (Å²) in [6.45, 7) is 3.32. The first-order valence-corrected chi connectivity index (χ1v) is 7.96. The predicted octanol–water partition coefficient (Wildman–Crippen LogP) is 2.88. The van der Waals surface area contributed by atoms with Crippen molar-refractivity contribution in [1.82, 2.24) is 15.1 Å². The molecule has 1 saturated carbocycles. The van der Waals surface area contributed by atoms with Gasteiger partial charge in [0.25, 0.3) is 0 Å². The Morgan fingerprint density at radius 1 is 1.29 bits per heavy atom. The highest BCUT2D eigenvalue weighted by atomic mass is 15.2. The van der Waals surface area contributed by atoms with Crippen LogP contribution in [0.4, 0.5) is 0 Å². The maximum Gasteiger partial charge on any atom is 0.0521 e. The van der Waals surface area contributed by atoms with Crippen molar-refractivity contribution in [2.24, 2.45) is 13.0 Å². The van der Waals surface area contributed by atoms with E-state index < -0.39 is 0 Å². The normalized spacial score (nSPS) is 16.1. The lowest BCUT2D eigenvalue weighted by molar-refractivity contribution is 0.468. The van der Waals surface area contributed by atoms with Crippen LogP contribution in [-0.2, 0) is 19.9 Å². The molecule has 1 aliphatic carbocycles. The van der Waals surface area contributed by atoms with Crippen LogP contribution in [0.25, 0.3) is 0 Å². The summed E-state index contributed by atoms with van der Waals surface area (Å²) in [5, 5.41) is 7.99. The van der Waals surface area contributed by atoms with Gasteiger partial charge in [-0.15, -0.1) is 0 Å². The molecule has 1 atom stereocenters. The summed E-state index contributed by atoms with van der Waals surface area (Å²) in [6, 6.07) is 9.53. The van der Waals surface area contributed by atoms with E-state index in [4.69, 9.17) is 0 Å². The van der Waals surface area contributed by atoms with Crippen LogP contribution in [-0.4, -0.2) is 22.4 Å². The minimum absolute atomic E-state index is 0.635. The third-order valence-corrected chi connectivity index (χ3v) is 4.33.